The van der Waals surface area contributed by atoms with Crippen molar-refractivity contribution in [2.75, 3.05) is 6.54 Å². The summed E-state index contributed by atoms with van der Waals surface area (Å²) in [6, 6.07) is 1.33. The summed E-state index contributed by atoms with van der Waals surface area (Å²) >= 11 is 0. The van der Waals surface area contributed by atoms with Crippen LogP contribution in [0.15, 0.2) is 23.3 Å². The Kier molecular flexibility index (Phi) is 5.86. The van der Waals surface area contributed by atoms with Crippen LogP contribution in [0.2, 0.25) is 0 Å². The maximum Gasteiger partial charge on any atom is 0.416 e. The molecule has 128 valence electrons. The third kappa shape index (κ3) is 4.75. The second kappa shape index (κ2) is 7.07. The molecule has 0 aromatic heterocycles. The zero-order valence-corrected chi connectivity index (χ0v) is 11.3. The molecule has 2 unspecified atom stereocenters. The monoisotopic (exact) mass is 343 g/mol. The predicted molar refractivity (Wildman–Crippen MR) is 66.0 cm³/mol. The van der Waals surface area contributed by atoms with Crippen molar-refractivity contribution in [1.29, 1.82) is 0 Å². The van der Waals surface area contributed by atoms with E-state index in [2.05, 4.69) is 10.0 Å². The first-order chi connectivity index (χ1) is 10.5. The van der Waals surface area contributed by atoms with Crippen LogP contribution in [-0.4, -0.2) is 22.9 Å². The molecule has 0 aliphatic rings. The molecule has 0 aliphatic carbocycles. The first-order valence-corrected chi connectivity index (χ1v) is 6.14. The van der Waals surface area contributed by atoms with Crippen molar-refractivity contribution in [1.82, 2.24) is 0 Å². The van der Waals surface area contributed by atoms with E-state index in [1.807, 2.05) is 0 Å². The van der Waals surface area contributed by atoms with E-state index in [0.717, 1.165) is 0 Å². The third-order valence-corrected chi connectivity index (χ3v) is 2.97. The third-order valence-electron chi connectivity index (χ3n) is 2.97. The van der Waals surface area contributed by atoms with Crippen molar-refractivity contribution in [2.45, 2.75) is 31.0 Å². The van der Waals surface area contributed by atoms with E-state index in [-0.39, 0.29) is 0 Å². The van der Waals surface area contributed by atoms with Crippen LogP contribution in [0, 0.1) is 0 Å². The number of hydrogen-bond donors (Lipinski definition) is 2. The Morgan fingerprint density at radius 1 is 1.04 bits per heavy atom. The van der Waals surface area contributed by atoms with Gasteiger partial charge in [0.05, 0.1) is 17.2 Å². The summed E-state index contributed by atoms with van der Waals surface area (Å²) in [4.78, 5) is 2.33. The summed E-state index contributed by atoms with van der Waals surface area (Å²) in [5.41, 5.74) is 3.21. The van der Waals surface area contributed by atoms with Gasteiger partial charge < -0.3 is 10.2 Å². The zero-order chi connectivity index (χ0) is 17.8. The van der Waals surface area contributed by atoms with Crippen LogP contribution in [0.5, 0.6) is 0 Å². The lowest BCUT2D eigenvalue weighted by molar-refractivity contribution is -0.147. The van der Waals surface area contributed by atoms with Crippen LogP contribution in [0.1, 0.15) is 29.2 Å². The van der Waals surface area contributed by atoms with E-state index in [4.69, 9.17) is 5.53 Å². The lowest BCUT2D eigenvalue weighted by atomic mass is 9.91. The first-order valence-electron chi connectivity index (χ1n) is 6.14. The Bertz CT molecular complexity index is 563. The molecule has 1 aromatic rings. The molecule has 0 fully saturated rings. The highest BCUT2D eigenvalue weighted by molar-refractivity contribution is 5.41. The number of nitrogens with zero attached hydrogens (tertiary/aromatic N) is 3. The number of azide groups is 1. The largest absolute Gasteiger partial charge is 0.416 e. The Morgan fingerprint density at radius 2 is 1.52 bits per heavy atom. The highest BCUT2D eigenvalue weighted by atomic mass is 19.4. The average Bonchev–Trinajstić information content (AvgIpc) is 2.44. The normalized spacial score (nSPS) is 15.0. The van der Waals surface area contributed by atoms with Gasteiger partial charge in [0.15, 0.2) is 0 Å². The number of hydrogen-bond acceptors (Lipinski definition) is 3. The maximum absolute atomic E-state index is 12.9. The van der Waals surface area contributed by atoms with E-state index in [1.165, 1.54) is 0 Å². The Morgan fingerprint density at radius 3 is 1.91 bits per heavy atom. The molecule has 23 heavy (non-hydrogen) atoms. The molecule has 1 rings (SSSR count). The van der Waals surface area contributed by atoms with Crippen LogP contribution in [0.4, 0.5) is 26.3 Å². The number of halogens is 6. The molecule has 11 heteroatoms. The van der Waals surface area contributed by atoms with Crippen LogP contribution in [-0.2, 0) is 12.4 Å². The van der Waals surface area contributed by atoms with Crippen LogP contribution in [0.25, 0.3) is 10.4 Å². The van der Waals surface area contributed by atoms with Gasteiger partial charge in [0.2, 0.25) is 0 Å². The molecule has 0 heterocycles. The standard InChI is InChI=1S/C12H11F6N3O2/c13-11(14,15)6-2-1-3-7(12(16,17)18)9(6)10(23)8(22)4-5-20-21-19/h1-3,8,10,22-23H,4-5H2. The number of aliphatic hydroxyl groups excluding tert-OH is 2. The summed E-state index contributed by atoms with van der Waals surface area (Å²) in [5, 5.41) is 22.4. The minimum absolute atomic E-state index is 0.383. The summed E-state index contributed by atoms with van der Waals surface area (Å²) in [6.07, 6.45) is -15.2. The van der Waals surface area contributed by atoms with Gasteiger partial charge in [0, 0.05) is 17.0 Å². The number of rotatable bonds is 5. The predicted octanol–water partition coefficient (Wildman–Crippen LogP) is 3.82. The van der Waals surface area contributed by atoms with Gasteiger partial charge in [-0.1, -0.05) is 11.2 Å². The highest BCUT2D eigenvalue weighted by Gasteiger charge is 2.43. The summed E-state index contributed by atoms with van der Waals surface area (Å²) < 4.78 is 77.5. The summed E-state index contributed by atoms with van der Waals surface area (Å²) in [7, 11) is 0. The van der Waals surface area contributed by atoms with Crippen molar-refractivity contribution in [3.8, 4) is 0 Å². The molecule has 2 N–H and O–H groups in total. The molecule has 0 radical (unpaired) electrons. The van der Waals surface area contributed by atoms with Crippen LogP contribution >= 0.6 is 0 Å². The van der Waals surface area contributed by atoms with Crippen molar-refractivity contribution in [3.05, 3.63) is 45.3 Å². The smallest absolute Gasteiger partial charge is 0.390 e. The fourth-order valence-electron chi connectivity index (χ4n) is 1.96. The molecular formula is C12H11F6N3O2. The minimum Gasteiger partial charge on any atom is -0.390 e. The lowest BCUT2D eigenvalue weighted by Gasteiger charge is -2.25. The number of alkyl halides is 6. The van der Waals surface area contributed by atoms with Crippen molar-refractivity contribution >= 4 is 0 Å². The van der Waals surface area contributed by atoms with Gasteiger partial charge in [0.1, 0.15) is 6.10 Å². The first kappa shape index (κ1) is 19.1. The van der Waals surface area contributed by atoms with E-state index >= 15 is 0 Å². The van der Waals surface area contributed by atoms with Crippen molar-refractivity contribution in [3.63, 3.8) is 0 Å². The minimum atomic E-state index is -5.15. The molecule has 5 nitrogen and oxygen atoms in total. The second-order valence-electron chi connectivity index (χ2n) is 4.52. The van der Waals surface area contributed by atoms with Crippen molar-refractivity contribution in [2.24, 2.45) is 5.11 Å². The molecule has 2 atom stereocenters. The second-order valence-corrected chi connectivity index (χ2v) is 4.52. The molecular weight excluding hydrogens is 332 g/mol. The topological polar surface area (TPSA) is 89.2 Å². The van der Waals surface area contributed by atoms with E-state index < -0.39 is 54.2 Å². The van der Waals surface area contributed by atoms with E-state index in [9.17, 15) is 36.6 Å². The molecule has 1 aromatic carbocycles. The fourth-order valence-corrected chi connectivity index (χ4v) is 1.96. The summed E-state index contributed by atoms with van der Waals surface area (Å²) in [5.74, 6) is 0. The Labute approximate surface area is 125 Å². The molecule has 0 bridgehead atoms. The highest BCUT2D eigenvalue weighted by Crippen LogP contribution is 2.42. The van der Waals surface area contributed by atoms with Gasteiger partial charge in [-0.3, -0.25) is 0 Å². The zero-order valence-electron chi connectivity index (χ0n) is 11.3. The molecule has 0 aliphatic heterocycles. The molecule has 0 saturated carbocycles. The van der Waals surface area contributed by atoms with E-state index in [1.54, 1.807) is 0 Å². The average molecular weight is 343 g/mol. The van der Waals surface area contributed by atoms with Gasteiger partial charge in [-0.25, -0.2) is 0 Å². The van der Waals surface area contributed by atoms with Crippen molar-refractivity contribution < 1.29 is 36.6 Å². The van der Waals surface area contributed by atoms with E-state index in [0.29, 0.717) is 18.2 Å². The summed E-state index contributed by atoms with van der Waals surface area (Å²) in [6.45, 7) is -0.399. The van der Waals surface area contributed by atoms with Crippen LogP contribution in [0.3, 0.4) is 0 Å². The van der Waals surface area contributed by atoms with Crippen LogP contribution < -0.4 is 0 Å². The number of benzene rings is 1. The molecule has 0 spiro atoms. The van der Waals surface area contributed by atoms with Gasteiger partial charge in [-0.05, 0) is 24.1 Å². The Hall–Kier alpha value is -1.97. The maximum atomic E-state index is 12.9. The molecule has 0 amide bonds. The van der Waals surface area contributed by atoms with Gasteiger partial charge in [-0.2, -0.15) is 26.3 Å². The SMILES string of the molecule is [N-]=[N+]=NCCC(O)C(O)c1c(C(F)(F)F)cccc1C(F)(F)F. The molecule has 0 saturated heterocycles. The lowest BCUT2D eigenvalue weighted by Crippen LogP contribution is -2.26. The Balaban J connectivity index is 3.37. The number of aliphatic hydroxyl groups is 2. The van der Waals surface area contributed by atoms with Gasteiger partial charge >= 0.3 is 12.4 Å². The van der Waals surface area contributed by atoms with Gasteiger partial charge in [0.25, 0.3) is 0 Å². The van der Waals surface area contributed by atoms with Gasteiger partial charge in [-0.15, -0.1) is 0 Å². The quantitative estimate of drug-likeness (QED) is 0.368. The fraction of sp³-hybridized carbons (Fsp3) is 0.500.